The Morgan fingerprint density at radius 1 is 1.44 bits per heavy atom. The molecule has 0 saturated heterocycles. The molecule has 1 aliphatic rings. The van der Waals surface area contributed by atoms with Crippen LogP contribution in [0.2, 0.25) is 5.02 Å². The lowest BCUT2D eigenvalue weighted by molar-refractivity contribution is 0.213. The van der Waals surface area contributed by atoms with Crippen molar-refractivity contribution in [1.29, 1.82) is 0 Å². The summed E-state index contributed by atoms with van der Waals surface area (Å²) in [5, 5.41) is 9.41. The number of aliphatic hydroxyl groups excluding tert-OH is 1. The minimum Gasteiger partial charge on any atom is -0.396 e. The zero-order valence-electron chi connectivity index (χ0n) is 10.1. The van der Waals surface area contributed by atoms with Gasteiger partial charge in [-0.15, -0.1) is 0 Å². The number of sulfonamides is 1. The van der Waals surface area contributed by atoms with Crippen LogP contribution in [0.25, 0.3) is 0 Å². The molecule has 6 heteroatoms. The molecule has 1 fully saturated rings. The molecule has 0 aromatic heterocycles. The third-order valence-electron chi connectivity index (χ3n) is 3.38. The van der Waals surface area contributed by atoms with Gasteiger partial charge in [0, 0.05) is 18.6 Å². The molecule has 18 heavy (non-hydrogen) atoms. The highest BCUT2D eigenvalue weighted by atomic mass is 35.5. The summed E-state index contributed by atoms with van der Waals surface area (Å²) in [5.41, 5.74) is 0.464. The van der Waals surface area contributed by atoms with Crippen molar-refractivity contribution in [1.82, 2.24) is 4.72 Å². The SMILES string of the molecule is Cc1cccc(S(=O)(=O)NCC2(CO)CC2)c1Cl. The smallest absolute Gasteiger partial charge is 0.242 e. The van der Waals surface area contributed by atoms with E-state index < -0.39 is 10.0 Å². The molecule has 0 radical (unpaired) electrons. The van der Waals surface area contributed by atoms with Crippen LogP contribution in [0.1, 0.15) is 18.4 Å². The van der Waals surface area contributed by atoms with Gasteiger partial charge >= 0.3 is 0 Å². The fourth-order valence-electron chi connectivity index (χ4n) is 1.72. The Kier molecular flexibility index (Phi) is 3.69. The Labute approximate surface area is 112 Å². The molecule has 1 aromatic carbocycles. The molecule has 0 unspecified atom stereocenters. The summed E-state index contributed by atoms with van der Waals surface area (Å²) >= 11 is 6.01. The van der Waals surface area contributed by atoms with Gasteiger partial charge in [-0.05, 0) is 31.4 Å². The van der Waals surface area contributed by atoms with Crippen molar-refractivity contribution in [3.05, 3.63) is 28.8 Å². The first-order valence-corrected chi connectivity index (χ1v) is 7.62. The lowest BCUT2D eigenvalue weighted by atomic mass is 10.1. The molecule has 0 heterocycles. The van der Waals surface area contributed by atoms with E-state index >= 15 is 0 Å². The monoisotopic (exact) mass is 289 g/mol. The van der Waals surface area contributed by atoms with Gasteiger partial charge in [-0.3, -0.25) is 0 Å². The lowest BCUT2D eigenvalue weighted by Gasteiger charge is -2.14. The first-order valence-electron chi connectivity index (χ1n) is 5.76. The molecule has 1 aliphatic carbocycles. The van der Waals surface area contributed by atoms with Crippen LogP contribution >= 0.6 is 11.6 Å². The van der Waals surface area contributed by atoms with Crippen molar-refractivity contribution < 1.29 is 13.5 Å². The van der Waals surface area contributed by atoms with E-state index in [4.69, 9.17) is 16.7 Å². The highest BCUT2D eigenvalue weighted by Gasteiger charge is 2.42. The fraction of sp³-hybridized carbons (Fsp3) is 0.500. The van der Waals surface area contributed by atoms with Crippen LogP contribution in [-0.4, -0.2) is 26.7 Å². The fourth-order valence-corrected chi connectivity index (χ4v) is 3.46. The Morgan fingerprint density at radius 2 is 2.11 bits per heavy atom. The van der Waals surface area contributed by atoms with Crippen molar-refractivity contribution >= 4 is 21.6 Å². The minimum absolute atomic E-state index is 0.0110. The Morgan fingerprint density at radius 3 is 2.67 bits per heavy atom. The van der Waals surface area contributed by atoms with Crippen LogP contribution in [0.4, 0.5) is 0 Å². The Hall–Kier alpha value is -0.620. The number of benzene rings is 1. The molecule has 0 aliphatic heterocycles. The van der Waals surface area contributed by atoms with E-state index in [2.05, 4.69) is 4.72 Å². The number of hydrogen-bond acceptors (Lipinski definition) is 3. The normalized spacial score (nSPS) is 17.7. The predicted octanol–water partition coefficient (Wildman–Crippen LogP) is 1.70. The minimum atomic E-state index is -3.61. The van der Waals surface area contributed by atoms with Crippen LogP contribution < -0.4 is 4.72 Å². The van der Waals surface area contributed by atoms with E-state index in [0.29, 0.717) is 0 Å². The van der Waals surface area contributed by atoms with E-state index in [9.17, 15) is 8.42 Å². The van der Waals surface area contributed by atoms with Crippen LogP contribution in [-0.2, 0) is 10.0 Å². The summed E-state index contributed by atoms with van der Waals surface area (Å²) in [6.07, 6.45) is 1.71. The maximum atomic E-state index is 12.1. The molecule has 0 amide bonds. The second-order valence-electron chi connectivity index (χ2n) is 4.87. The summed E-state index contributed by atoms with van der Waals surface area (Å²) in [4.78, 5) is 0.0953. The maximum absolute atomic E-state index is 12.1. The molecular weight excluding hydrogens is 274 g/mol. The van der Waals surface area contributed by atoms with E-state index in [1.165, 1.54) is 6.07 Å². The number of nitrogens with one attached hydrogen (secondary N) is 1. The molecule has 0 bridgehead atoms. The highest BCUT2D eigenvalue weighted by molar-refractivity contribution is 7.89. The topological polar surface area (TPSA) is 66.4 Å². The average molecular weight is 290 g/mol. The number of aliphatic hydroxyl groups is 1. The summed E-state index contributed by atoms with van der Waals surface area (Å²) in [7, 11) is -3.61. The van der Waals surface area contributed by atoms with E-state index in [1.807, 2.05) is 0 Å². The third-order valence-corrected chi connectivity index (χ3v) is 5.43. The van der Waals surface area contributed by atoms with Gasteiger partial charge in [-0.1, -0.05) is 23.7 Å². The molecule has 100 valence electrons. The largest absolute Gasteiger partial charge is 0.396 e. The molecule has 1 saturated carbocycles. The van der Waals surface area contributed by atoms with Gasteiger partial charge in [0.05, 0.1) is 5.02 Å². The zero-order chi connectivity index (χ0) is 13.4. The molecule has 2 N–H and O–H groups in total. The van der Waals surface area contributed by atoms with Crippen LogP contribution in [0, 0.1) is 12.3 Å². The quantitative estimate of drug-likeness (QED) is 0.867. The molecule has 1 aromatic rings. The van der Waals surface area contributed by atoms with E-state index in [-0.39, 0.29) is 28.5 Å². The van der Waals surface area contributed by atoms with Gasteiger partial charge in [-0.2, -0.15) is 0 Å². The van der Waals surface area contributed by atoms with Crippen molar-refractivity contribution in [2.24, 2.45) is 5.41 Å². The molecule has 2 rings (SSSR count). The standard InChI is InChI=1S/C12H16ClNO3S/c1-9-3-2-4-10(11(9)13)18(16,17)14-7-12(8-15)5-6-12/h2-4,14-15H,5-8H2,1H3. The zero-order valence-corrected chi connectivity index (χ0v) is 11.7. The Bertz CT molecular complexity index is 552. The summed E-state index contributed by atoms with van der Waals surface area (Å²) in [5.74, 6) is 0. The van der Waals surface area contributed by atoms with Crippen LogP contribution in [0.3, 0.4) is 0 Å². The van der Waals surface area contributed by atoms with E-state index in [1.54, 1.807) is 19.1 Å². The molecular formula is C12H16ClNO3S. The van der Waals surface area contributed by atoms with Gasteiger partial charge in [0.25, 0.3) is 0 Å². The van der Waals surface area contributed by atoms with Gasteiger partial charge < -0.3 is 5.11 Å². The summed E-state index contributed by atoms with van der Waals surface area (Å²) < 4.78 is 26.8. The van der Waals surface area contributed by atoms with Crippen LogP contribution in [0.15, 0.2) is 23.1 Å². The van der Waals surface area contributed by atoms with Gasteiger partial charge in [0.1, 0.15) is 4.90 Å². The number of aryl methyl sites for hydroxylation is 1. The van der Waals surface area contributed by atoms with Crippen molar-refractivity contribution in [3.8, 4) is 0 Å². The van der Waals surface area contributed by atoms with Crippen molar-refractivity contribution in [2.75, 3.05) is 13.2 Å². The number of hydrogen-bond donors (Lipinski definition) is 2. The van der Waals surface area contributed by atoms with Crippen LogP contribution in [0.5, 0.6) is 0 Å². The van der Waals surface area contributed by atoms with Gasteiger partial charge in [0.2, 0.25) is 10.0 Å². The molecule has 0 spiro atoms. The van der Waals surface area contributed by atoms with Crippen molar-refractivity contribution in [2.45, 2.75) is 24.7 Å². The van der Waals surface area contributed by atoms with Crippen molar-refractivity contribution in [3.63, 3.8) is 0 Å². The van der Waals surface area contributed by atoms with E-state index in [0.717, 1.165) is 18.4 Å². The lowest BCUT2D eigenvalue weighted by Crippen LogP contribution is -2.32. The third kappa shape index (κ3) is 2.69. The highest BCUT2D eigenvalue weighted by Crippen LogP contribution is 2.44. The first-order chi connectivity index (χ1) is 8.40. The second kappa shape index (κ2) is 4.81. The molecule has 0 atom stereocenters. The number of rotatable bonds is 5. The predicted molar refractivity (Wildman–Crippen MR) is 70.1 cm³/mol. The number of halogens is 1. The first kappa shape index (κ1) is 13.8. The Balaban J connectivity index is 2.18. The van der Waals surface area contributed by atoms with Gasteiger partial charge in [-0.25, -0.2) is 13.1 Å². The maximum Gasteiger partial charge on any atom is 0.242 e. The summed E-state index contributed by atoms with van der Waals surface area (Å²) in [6.45, 7) is 2.03. The molecule has 4 nitrogen and oxygen atoms in total. The van der Waals surface area contributed by atoms with Gasteiger partial charge in [0.15, 0.2) is 0 Å². The average Bonchev–Trinajstić information content (AvgIpc) is 3.11. The second-order valence-corrected chi connectivity index (χ2v) is 6.98. The summed E-state index contributed by atoms with van der Waals surface area (Å²) in [6, 6.07) is 4.91.